The lowest BCUT2D eigenvalue weighted by Gasteiger charge is -2.16. The van der Waals surface area contributed by atoms with Crippen molar-refractivity contribution in [2.45, 2.75) is 0 Å². The normalized spacial score (nSPS) is 17.6. The Morgan fingerprint density at radius 2 is 2.04 bits per heavy atom. The average molecular weight is 395 g/mol. The molecule has 0 radical (unpaired) electrons. The van der Waals surface area contributed by atoms with Crippen LogP contribution in [-0.4, -0.2) is 27.9 Å². The molecule has 1 saturated heterocycles. The van der Waals surface area contributed by atoms with E-state index in [1.807, 2.05) is 30.3 Å². The molecule has 0 spiro atoms. The number of thioether (sulfide) groups is 1. The Kier molecular flexibility index (Phi) is 4.55. The molecule has 1 fully saturated rings. The Labute approximate surface area is 164 Å². The molecule has 1 amide bonds. The highest BCUT2D eigenvalue weighted by Crippen LogP contribution is 2.36. The molecule has 0 aromatic heterocycles. The number of para-hydroxylation sites is 1. The number of carboxylic acid groups (broad SMARTS) is 1. The Bertz CT molecular complexity index is 1040. The zero-order valence-corrected chi connectivity index (χ0v) is 15.5. The Balaban J connectivity index is 1.64. The number of carbonyl (C=O) groups is 2. The van der Waals surface area contributed by atoms with Crippen LogP contribution >= 0.6 is 24.0 Å². The van der Waals surface area contributed by atoms with Crippen LogP contribution in [0, 0.1) is 0 Å². The summed E-state index contributed by atoms with van der Waals surface area (Å²) in [7, 11) is 0. The summed E-state index contributed by atoms with van der Waals surface area (Å²) >= 11 is 6.54. The molecule has 0 bridgehead atoms. The summed E-state index contributed by atoms with van der Waals surface area (Å²) in [4.78, 5) is 25.9. The molecule has 2 heterocycles. The second-order valence-corrected chi connectivity index (χ2v) is 7.59. The summed E-state index contributed by atoms with van der Waals surface area (Å²) in [6, 6.07) is 13.9. The fourth-order valence-electron chi connectivity index (χ4n) is 2.85. The molecule has 1 N–H and O–H groups in total. The van der Waals surface area contributed by atoms with Crippen LogP contribution in [0.3, 0.4) is 0 Å². The first-order valence-corrected chi connectivity index (χ1v) is 9.29. The maximum atomic E-state index is 12.9. The molecule has 2 aliphatic heterocycles. The number of aromatic carboxylic acids is 1. The van der Waals surface area contributed by atoms with Crippen LogP contribution in [0.15, 0.2) is 65.1 Å². The van der Waals surface area contributed by atoms with Gasteiger partial charge < -0.3 is 9.84 Å². The maximum absolute atomic E-state index is 12.9. The van der Waals surface area contributed by atoms with Gasteiger partial charge in [0.2, 0.25) is 0 Å². The SMILES string of the molecule is O=C(O)c1cccc(N2C(=O)C(=CC3=Cc4ccccc4OC3)SC2=S)c1. The lowest BCUT2D eigenvalue weighted by atomic mass is 10.1. The Morgan fingerprint density at radius 3 is 2.85 bits per heavy atom. The fraction of sp³-hybridized carbons (Fsp3) is 0.0500. The van der Waals surface area contributed by atoms with E-state index in [9.17, 15) is 9.59 Å². The minimum Gasteiger partial charge on any atom is -0.488 e. The van der Waals surface area contributed by atoms with E-state index in [4.69, 9.17) is 22.1 Å². The van der Waals surface area contributed by atoms with E-state index in [-0.39, 0.29) is 11.5 Å². The number of nitrogens with zero attached hydrogens (tertiary/aromatic N) is 1. The molecule has 0 atom stereocenters. The zero-order valence-electron chi connectivity index (χ0n) is 13.9. The first-order valence-electron chi connectivity index (χ1n) is 8.06. The maximum Gasteiger partial charge on any atom is 0.335 e. The lowest BCUT2D eigenvalue weighted by molar-refractivity contribution is -0.113. The van der Waals surface area contributed by atoms with Crippen LogP contribution in [0.4, 0.5) is 5.69 Å². The van der Waals surface area contributed by atoms with Gasteiger partial charge in [-0.1, -0.05) is 48.2 Å². The average Bonchev–Trinajstić information content (AvgIpc) is 2.95. The molecule has 2 aromatic carbocycles. The highest BCUT2D eigenvalue weighted by atomic mass is 32.2. The molecule has 27 heavy (non-hydrogen) atoms. The number of anilines is 1. The number of carboxylic acids is 1. The van der Waals surface area contributed by atoms with Crippen LogP contribution in [-0.2, 0) is 4.79 Å². The van der Waals surface area contributed by atoms with Crippen LogP contribution in [0.5, 0.6) is 5.75 Å². The van der Waals surface area contributed by atoms with Crippen LogP contribution in [0.2, 0.25) is 0 Å². The number of ether oxygens (including phenoxy) is 1. The van der Waals surface area contributed by atoms with Gasteiger partial charge in [0.25, 0.3) is 5.91 Å². The predicted molar refractivity (Wildman–Crippen MR) is 109 cm³/mol. The van der Waals surface area contributed by atoms with Crippen molar-refractivity contribution in [2.75, 3.05) is 11.5 Å². The lowest BCUT2D eigenvalue weighted by Crippen LogP contribution is -2.27. The summed E-state index contributed by atoms with van der Waals surface area (Å²) in [5.41, 5.74) is 2.37. The molecule has 2 aliphatic rings. The predicted octanol–water partition coefficient (Wildman–Crippen LogP) is 4.11. The van der Waals surface area contributed by atoms with Gasteiger partial charge in [0.1, 0.15) is 12.4 Å². The minimum atomic E-state index is -1.05. The van der Waals surface area contributed by atoms with E-state index < -0.39 is 5.97 Å². The molecule has 2 aromatic rings. The van der Waals surface area contributed by atoms with Crippen molar-refractivity contribution in [1.29, 1.82) is 0 Å². The van der Waals surface area contributed by atoms with Crippen molar-refractivity contribution < 1.29 is 19.4 Å². The van der Waals surface area contributed by atoms with Crippen molar-refractivity contribution in [1.82, 2.24) is 0 Å². The molecule has 0 unspecified atom stereocenters. The van der Waals surface area contributed by atoms with Crippen molar-refractivity contribution in [3.63, 3.8) is 0 Å². The molecule has 0 aliphatic carbocycles. The first-order chi connectivity index (χ1) is 13.0. The summed E-state index contributed by atoms with van der Waals surface area (Å²) in [5.74, 6) is -0.513. The van der Waals surface area contributed by atoms with Gasteiger partial charge in [-0.15, -0.1) is 0 Å². The van der Waals surface area contributed by atoms with Crippen LogP contribution < -0.4 is 9.64 Å². The molecule has 134 valence electrons. The highest BCUT2D eigenvalue weighted by molar-refractivity contribution is 8.27. The fourth-order valence-corrected chi connectivity index (χ4v) is 4.17. The van der Waals surface area contributed by atoms with Crippen LogP contribution in [0.25, 0.3) is 6.08 Å². The number of amides is 1. The third-order valence-corrected chi connectivity index (χ3v) is 5.42. The topological polar surface area (TPSA) is 66.8 Å². The monoisotopic (exact) mass is 395 g/mol. The zero-order chi connectivity index (χ0) is 19.0. The second-order valence-electron chi connectivity index (χ2n) is 5.92. The second kappa shape index (κ2) is 7.02. The van der Waals surface area contributed by atoms with Gasteiger partial charge in [0.05, 0.1) is 16.2 Å². The minimum absolute atomic E-state index is 0.102. The van der Waals surface area contributed by atoms with Gasteiger partial charge in [0, 0.05) is 5.56 Å². The molecular weight excluding hydrogens is 382 g/mol. The van der Waals surface area contributed by atoms with E-state index >= 15 is 0 Å². The van der Waals surface area contributed by atoms with E-state index in [0.717, 1.165) is 16.9 Å². The smallest absolute Gasteiger partial charge is 0.335 e. The van der Waals surface area contributed by atoms with Crippen molar-refractivity contribution in [2.24, 2.45) is 0 Å². The Morgan fingerprint density at radius 1 is 1.22 bits per heavy atom. The van der Waals surface area contributed by atoms with E-state index in [1.165, 1.54) is 28.8 Å². The molecule has 4 rings (SSSR count). The third-order valence-electron chi connectivity index (χ3n) is 4.12. The van der Waals surface area contributed by atoms with Gasteiger partial charge in [-0.3, -0.25) is 9.69 Å². The number of rotatable bonds is 3. The first kappa shape index (κ1) is 17.5. The molecule has 7 heteroatoms. The molecule has 0 saturated carbocycles. The van der Waals surface area contributed by atoms with Crippen molar-refractivity contribution in [3.05, 3.63) is 76.2 Å². The van der Waals surface area contributed by atoms with Gasteiger partial charge in [0.15, 0.2) is 4.32 Å². The largest absolute Gasteiger partial charge is 0.488 e. The third kappa shape index (κ3) is 3.39. The number of carbonyl (C=O) groups excluding carboxylic acids is 1. The van der Waals surface area contributed by atoms with Crippen molar-refractivity contribution >= 4 is 51.9 Å². The van der Waals surface area contributed by atoms with E-state index in [1.54, 1.807) is 18.2 Å². The van der Waals surface area contributed by atoms with Crippen molar-refractivity contribution in [3.8, 4) is 5.75 Å². The van der Waals surface area contributed by atoms with Gasteiger partial charge in [-0.25, -0.2) is 4.79 Å². The summed E-state index contributed by atoms with van der Waals surface area (Å²) in [5, 5.41) is 9.16. The number of hydrogen-bond acceptors (Lipinski definition) is 5. The number of thiocarbonyl (C=S) groups is 1. The van der Waals surface area contributed by atoms with E-state index in [0.29, 0.717) is 21.5 Å². The number of fused-ring (bicyclic) bond motifs is 1. The van der Waals surface area contributed by atoms with Crippen LogP contribution in [0.1, 0.15) is 15.9 Å². The van der Waals surface area contributed by atoms with E-state index in [2.05, 4.69) is 0 Å². The van der Waals surface area contributed by atoms with Gasteiger partial charge >= 0.3 is 5.97 Å². The quantitative estimate of drug-likeness (QED) is 0.623. The van der Waals surface area contributed by atoms with Gasteiger partial charge in [-0.05, 0) is 42.0 Å². The molecule has 5 nitrogen and oxygen atoms in total. The summed E-state index contributed by atoms with van der Waals surface area (Å²) in [6.45, 7) is 0.371. The molecular formula is C20H13NO4S2. The number of hydrogen-bond donors (Lipinski definition) is 1. The number of benzene rings is 2. The summed E-state index contributed by atoms with van der Waals surface area (Å²) in [6.07, 6.45) is 3.76. The standard InChI is InChI=1S/C20H13NO4S2/c22-18-17(9-12-8-13-4-1-2-7-16(13)25-11-12)27-20(26)21(18)15-6-3-5-14(10-15)19(23)24/h1-10H,11H2,(H,23,24). The Hall–Kier alpha value is -2.90. The highest BCUT2D eigenvalue weighted by Gasteiger charge is 2.34. The summed E-state index contributed by atoms with van der Waals surface area (Å²) < 4.78 is 6.08. The van der Waals surface area contributed by atoms with Gasteiger partial charge in [-0.2, -0.15) is 0 Å².